The van der Waals surface area contributed by atoms with Crippen molar-refractivity contribution < 1.29 is 10.2 Å². The van der Waals surface area contributed by atoms with Gasteiger partial charge in [0.15, 0.2) is 0 Å². The van der Waals surface area contributed by atoms with Crippen LogP contribution >= 0.6 is 0 Å². The Labute approximate surface area is 100 Å². The van der Waals surface area contributed by atoms with E-state index in [1.807, 2.05) is 0 Å². The molecule has 0 rings (SSSR count). The third-order valence-corrected chi connectivity index (χ3v) is 2.96. The minimum atomic E-state index is -0.687. The van der Waals surface area contributed by atoms with Crippen LogP contribution in [0.5, 0.6) is 0 Å². The minimum absolute atomic E-state index is 0.0177. The third kappa shape index (κ3) is 7.89. The van der Waals surface area contributed by atoms with Gasteiger partial charge in [0.1, 0.15) is 0 Å². The predicted molar refractivity (Wildman–Crippen MR) is 69.5 cm³/mol. The van der Waals surface area contributed by atoms with E-state index < -0.39 is 5.60 Å². The van der Waals surface area contributed by atoms with Crippen molar-refractivity contribution in [3.8, 4) is 0 Å². The molecule has 2 N–H and O–H groups in total. The molecule has 0 aromatic heterocycles. The minimum Gasteiger partial charge on any atom is -0.392 e. The summed E-state index contributed by atoms with van der Waals surface area (Å²) in [5.74, 6) is 0. The molecule has 0 saturated carbocycles. The fourth-order valence-electron chi connectivity index (χ4n) is 1.93. The highest BCUT2D eigenvalue weighted by Gasteiger charge is 2.21. The van der Waals surface area contributed by atoms with Gasteiger partial charge < -0.3 is 10.2 Å². The Hall–Kier alpha value is -0.340. The van der Waals surface area contributed by atoms with Gasteiger partial charge in [0.05, 0.1) is 12.2 Å². The molecule has 0 heterocycles. The van der Waals surface area contributed by atoms with Gasteiger partial charge in [-0.15, -0.1) is 0 Å². The van der Waals surface area contributed by atoms with Crippen molar-refractivity contribution in [2.45, 2.75) is 70.8 Å². The molecule has 96 valence electrons. The topological polar surface area (TPSA) is 40.5 Å². The molecule has 0 amide bonds. The summed E-state index contributed by atoms with van der Waals surface area (Å²) in [6.07, 6.45) is 11.9. The van der Waals surface area contributed by atoms with Gasteiger partial charge in [-0.1, -0.05) is 64.5 Å². The lowest BCUT2D eigenvalue weighted by Crippen LogP contribution is -2.25. The molecule has 0 bridgehead atoms. The third-order valence-electron chi connectivity index (χ3n) is 2.96. The quantitative estimate of drug-likeness (QED) is 0.444. The van der Waals surface area contributed by atoms with Crippen LogP contribution in [0, 0.1) is 0 Å². The van der Waals surface area contributed by atoms with E-state index in [0.29, 0.717) is 0 Å². The van der Waals surface area contributed by atoms with E-state index in [4.69, 9.17) is 5.11 Å². The summed E-state index contributed by atoms with van der Waals surface area (Å²) in [6.45, 7) is 4.35. The first kappa shape index (κ1) is 15.7. The monoisotopic (exact) mass is 228 g/mol. The fourth-order valence-corrected chi connectivity index (χ4v) is 1.93. The number of aliphatic hydroxyl groups is 2. The number of rotatable bonds is 10. The van der Waals surface area contributed by atoms with E-state index >= 15 is 0 Å². The van der Waals surface area contributed by atoms with Crippen molar-refractivity contribution in [1.29, 1.82) is 0 Å². The van der Waals surface area contributed by atoms with Crippen LogP contribution in [0.1, 0.15) is 65.2 Å². The molecule has 0 saturated heterocycles. The SMILES string of the molecule is CCCCCC(O)(/C=C/CO)CCCCC. The van der Waals surface area contributed by atoms with Gasteiger partial charge in [0.25, 0.3) is 0 Å². The van der Waals surface area contributed by atoms with E-state index in [9.17, 15) is 5.11 Å². The van der Waals surface area contributed by atoms with Crippen LogP contribution in [0.4, 0.5) is 0 Å². The summed E-state index contributed by atoms with van der Waals surface area (Å²) < 4.78 is 0. The molecule has 2 nitrogen and oxygen atoms in total. The van der Waals surface area contributed by atoms with Crippen molar-refractivity contribution in [2.24, 2.45) is 0 Å². The Balaban J connectivity index is 4.07. The number of hydrogen-bond acceptors (Lipinski definition) is 2. The largest absolute Gasteiger partial charge is 0.392 e. The summed E-state index contributed by atoms with van der Waals surface area (Å²) in [5, 5.41) is 19.2. The maximum absolute atomic E-state index is 10.4. The Morgan fingerprint density at radius 1 is 0.938 bits per heavy atom. The van der Waals surface area contributed by atoms with Crippen molar-refractivity contribution in [1.82, 2.24) is 0 Å². The summed E-state index contributed by atoms with van der Waals surface area (Å²) in [5.41, 5.74) is -0.687. The van der Waals surface area contributed by atoms with Crippen LogP contribution in [0.3, 0.4) is 0 Å². The van der Waals surface area contributed by atoms with Gasteiger partial charge in [-0.3, -0.25) is 0 Å². The highest BCUT2D eigenvalue weighted by Crippen LogP contribution is 2.23. The zero-order chi connectivity index (χ0) is 12.3. The average Bonchev–Trinajstić information content (AvgIpc) is 2.27. The second kappa shape index (κ2) is 9.86. The molecular weight excluding hydrogens is 200 g/mol. The first-order chi connectivity index (χ1) is 7.68. The van der Waals surface area contributed by atoms with Gasteiger partial charge in [-0.2, -0.15) is 0 Å². The first-order valence-corrected chi connectivity index (χ1v) is 6.69. The summed E-state index contributed by atoms with van der Waals surface area (Å²) in [7, 11) is 0. The van der Waals surface area contributed by atoms with Crippen LogP contribution in [0.15, 0.2) is 12.2 Å². The maximum Gasteiger partial charge on any atom is 0.0828 e. The summed E-state index contributed by atoms with van der Waals surface area (Å²) in [6, 6.07) is 0. The molecule has 0 fully saturated rings. The summed E-state index contributed by atoms with van der Waals surface area (Å²) in [4.78, 5) is 0. The molecule has 0 aliphatic heterocycles. The zero-order valence-corrected chi connectivity index (χ0v) is 10.9. The van der Waals surface area contributed by atoms with Crippen LogP contribution < -0.4 is 0 Å². The molecule has 2 heteroatoms. The van der Waals surface area contributed by atoms with Gasteiger partial charge >= 0.3 is 0 Å². The fraction of sp³-hybridized carbons (Fsp3) is 0.857. The highest BCUT2D eigenvalue weighted by atomic mass is 16.3. The summed E-state index contributed by atoms with van der Waals surface area (Å²) >= 11 is 0. The lowest BCUT2D eigenvalue weighted by Gasteiger charge is -2.24. The van der Waals surface area contributed by atoms with Gasteiger partial charge in [0, 0.05) is 0 Å². The average molecular weight is 228 g/mol. The van der Waals surface area contributed by atoms with Crippen LogP contribution in [0.25, 0.3) is 0 Å². The van der Waals surface area contributed by atoms with Gasteiger partial charge in [0.2, 0.25) is 0 Å². The lowest BCUT2D eigenvalue weighted by molar-refractivity contribution is 0.0659. The second-order valence-electron chi connectivity index (χ2n) is 4.60. The Bertz CT molecular complexity index is 166. The maximum atomic E-state index is 10.4. The normalized spacial score (nSPS) is 12.5. The molecule has 0 aliphatic rings. The second-order valence-corrected chi connectivity index (χ2v) is 4.60. The van der Waals surface area contributed by atoms with E-state index in [1.165, 1.54) is 25.7 Å². The van der Waals surface area contributed by atoms with E-state index in [-0.39, 0.29) is 6.61 Å². The van der Waals surface area contributed by atoms with Crippen LogP contribution in [-0.4, -0.2) is 22.4 Å². The smallest absolute Gasteiger partial charge is 0.0828 e. The lowest BCUT2D eigenvalue weighted by atomic mass is 9.90. The molecule has 0 spiro atoms. The molecule has 16 heavy (non-hydrogen) atoms. The van der Waals surface area contributed by atoms with Crippen molar-refractivity contribution in [3.05, 3.63) is 12.2 Å². The zero-order valence-electron chi connectivity index (χ0n) is 10.9. The molecule has 0 radical (unpaired) electrons. The number of aliphatic hydroxyl groups excluding tert-OH is 1. The van der Waals surface area contributed by atoms with E-state index in [2.05, 4.69) is 13.8 Å². The van der Waals surface area contributed by atoms with Crippen molar-refractivity contribution in [2.75, 3.05) is 6.61 Å². The van der Waals surface area contributed by atoms with Gasteiger partial charge in [-0.05, 0) is 12.8 Å². The Morgan fingerprint density at radius 2 is 1.44 bits per heavy atom. The molecule has 0 aliphatic carbocycles. The van der Waals surface area contributed by atoms with Crippen LogP contribution in [0.2, 0.25) is 0 Å². The van der Waals surface area contributed by atoms with Crippen LogP contribution in [-0.2, 0) is 0 Å². The van der Waals surface area contributed by atoms with Crippen molar-refractivity contribution in [3.63, 3.8) is 0 Å². The van der Waals surface area contributed by atoms with Crippen molar-refractivity contribution >= 4 is 0 Å². The van der Waals surface area contributed by atoms with E-state index in [1.54, 1.807) is 12.2 Å². The molecule has 0 aromatic carbocycles. The Morgan fingerprint density at radius 3 is 1.81 bits per heavy atom. The predicted octanol–water partition coefficient (Wildman–Crippen LogP) is 3.43. The van der Waals surface area contributed by atoms with E-state index in [0.717, 1.165) is 25.7 Å². The number of unbranched alkanes of at least 4 members (excludes halogenated alkanes) is 4. The number of hydrogen-bond donors (Lipinski definition) is 2. The first-order valence-electron chi connectivity index (χ1n) is 6.69. The Kier molecular flexibility index (Phi) is 9.65. The molecule has 0 aromatic rings. The standard InChI is InChI=1S/C14H28O2/c1-3-5-7-10-14(16,12-9-13-15)11-8-6-4-2/h9,12,15-16H,3-8,10-11,13H2,1-2H3/b12-9+. The van der Waals surface area contributed by atoms with Gasteiger partial charge in [-0.25, -0.2) is 0 Å². The highest BCUT2D eigenvalue weighted by molar-refractivity contribution is 5.00. The molecular formula is C14H28O2. The molecule has 0 unspecified atom stereocenters. The molecule has 0 atom stereocenters.